The molecular weight excluding hydrogens is 330 g/mol. The number of hydrogen-bond donors (Lipinski definition) is 1. The first kappa shape index (κ1) is 16.0. The molecule has 3 aromatic rings. The summed E-state index contributed by atoms with van der Waals surface area (Å²) < 4.78 is 10.3. The number of nitrogens with zero attached hydrogens (tertiary/aromatic N) is 2. The van der Waals surface area contributed by atoms with Crippen molar-refractivity contribution in [3.63, 3.8) is 0 Å². The van der Waals surface area contributed by atoms with Crippen molar-refractivity contribution in [1.82, 2.24) is 15.5 Å². The largest absolute Gasteiger partial charge is 0.497 e. The first-order valence-electron chi connectivity index (χ1n) is 7.17. The van der Waals surface area contributed by atoms with Crippen molar-refractivity contribution in [2.24, 2.45) is 0 Å². The molecule has 24 heavy (non-hydrogen) atoms. The molecule has 0 aliphatic rings. The fourth-order valence-electron chi connectivity index (χ4n) is 2.08. The minimum absolute atomic E-state index is 0.143. The van der Waals surface area contributed by atoms with Gasteiger partial charge in [0, 0.05) is 5.56 Å². The van der Waals surface area contributed by atoms with Gasteiger partial charge in [-0.15, -0.1) is 0 Å². The first-order chi connectivity index (χ1) is 11.7. The molecule has 0 atom stereocenters. The highest BCUT2D eigenvalue weighted by molar-refractivity contribution is 6.33. The number of carbonyl (C=O) groups is 1. The van der Waals surface area contributed by atoms with Crippen molar-refractivity contribution >= 4 is 17.5 Å². The van der Waals surface area contributed by atoms with E-state index >= 15 is 0 Å². The first-order valence-corrected chi connectivity index (χ1v) is 7.55. The van der Waals surface area contributed by atoms with E-state index in [4.69, 9.17) is 20.9 Å². The van der Waals surface area contributed by atoms with Gasteiger partial charge in [0.1, 0.15) is 5.75 Å². The van der Waals surface area contributed by atoms with Crippen LogP contribution in [0.15, 0.2) is 53.1 Å². The van der Waals surface area contributed by atoms with Crippen molar-refractivity contribution in [3.05, 3.63) is 64.9 Å². The Labute approximate surface area is 143 Å². The summed E-state index contributed by atoms with van der Waals surface area (Å²) in [6, 6.07) is 14.1. The summed E-state index contributed by atoms with van der Waals surface area (Å²) in [7, 11) is 1.60. The van der Waals surface area contributed by atoms with E-state index in [1.54, 1.807) is 43.5 Å². The average molecular weight is 344 g/mol. The Balaban J connectivity index is 1.66. The number of aromatic nitrogens is 2. The molecule has 0 saturated carbocycles. The van der Waals surface area contributed by atoms with Gasteiger partial charge < -0.3 is 14.6 Å². The van der Waals surface area contributed by atoms with Gasteiger partial charge >= 0.3 is 0 Å². The number of ether oxygens (including phenoxy) is 1. The molecule has 0 fully saturated rings. The minimum Gasteiger partial charge on any atom is -0.497 e. The molecule has 0 aliphatic carbocycles. The van der Waals surface area contributed by atoms with Gasteiger partial charge in [-0.05, 0) is 36.4 Å². The molecule has 0 aliphatic heterocycles. The number of methoxy groups -OCH3 is 1. The third-order valence-corrected chi connectivity index (χ3v) is 3.66. The number of benzene rings is 2. The van der Waals surface area contributed by atoms with Gasteiger partial charge in [0.2, 0.25) is 0 Å². The van der Waals surface area contributed by atoms with E-state index in [0.29, 0.717) is 22.3 Å². The molecule has 0 saturated heterocycles. The Bertz CT molecular complexity index is 846. The van der Waals surface area contributed by atoms with Gasteiger partial charge in [0.05, 0.1) is 24.2 Å². The third kappa shape index (κ3) is 3.55. The quantitative estimate of drug-likeness (QED) is 0.768. The lowest BCUT2D eigenvalue weighted by Gasteiger charge is -2.03. The maximum absolute atomic E-state index is 12.1. The van der Waals surface area contributed by atoms with Crippen LogP contribution < -0.4 is 10.1 Å². The van der Waals surface area contributed by atoms with Crippen LogP contribution in [0.1, 0.15) is 16.2 Å². The Hall–Kier alpha value is -2.86. The number of hydrogen-bond acceptors (Lipinski definition) is 5. The lowest BCUT2D eigenvalue weighted by atomic mass is 10.2. The highest BCUT2D eigenvalue weighted by Gasteiger charge is 2.12. The molecule has 1 N–H and O–H groups in total. The molecule has 1 heterocycles. The average Bonchev–Trinajstić information content (AvgIpc) is 3.09. The molecule has 0 spiro atoms. The smallest absolute Gasteiger partial charge is 0.257 e. The second-order valence-corrected chi connectivity index (χ2v) is 5.31. The predicted molar refractivity (Wildman–Crippen MR) is 88.9 cm³/mol. The van der Waals surface area contributed by atoms with Crippen LogP contribution >= 0.6 is 11.6 Å². The zero-order valence-electron chi connectivity index (χ0n) is 12.8. The number of amides is 1. The summed E-state index contributed by atoms with van der Waals surface area (Å²) in [4.78, 5) is 16.3. The Morgan fingerprint density at radius 2 is 1.96 bits per heavy atom. The summed E-state index contributed by atoms with van der Waals surface area (Å²) in [5, 5.41) is 6.96. The summed E-state index contributed by atoms with van der Waals surface area (Å²) in [6.45, 7) is 0.143. The zero-order chi connectivity index (χ0) is 16.9. The van der Waals surface area contributed by atoms with Crippen LogP contribution in [0.3, 0.4) is 0 Å². The molecule has 0 radical (unpaired) electrons. The Morgan fingerprint density at radius 1 is 1.21 bits per heavy atom. The van der Waals surface area contributed by atoms with Crippen LogP contribution in [0.5, 0.6) is 5.75 Å². The number of halogens is 1. The fourth-order valence-corrected chi connectivity index (χ4v) is 2.30. The molecule has 3 rings (SSSR count). The summed E-state index contributed by atoms with van der Waals surface area (Å²) in [5.74, 6) is 1.20. The van der Waals surface area contributed by atoms with Gasteiger partial charge in [-0.25, -0.2) is 0 Å². The van der Waals surface area contributed by atoms with Gasteiger partial charge in [0.15, 0.2) is 5.82 Å². The molecule has 122 valence electrons. The standard InChI is InChI=1S/C17H14ClN3O3/c1-23-12-8-6-11(7-9-12)17-20-15(21-24-17)10-19-16(22)13-4-2-3-5-14(13)18/h2-9H,10H2,1H3,(H,19,22). The maximum Gasteiger partial charge on any atom is 0.257 e. The Kier molecular flexibility index (Phi) is 4.77. The Morgan fingerprint density at radius 3 is 2.67 bits per heavy atom. The second kappa shape index (κ2) is 7.14. The van der Waals surface area contributed by atoms with Crippen LogP contribution in [0.25, 0.3) is 11.5 Å². The number of carbonyl (C=O) groups excluding carboxylic acids is 1. The minimum atomic E-state index is -0.295. The van der Waals surface area contributed by atoms with E-state index in [0.717, 1.165) is 11.3 Å². The lowest BCUT2D eigenvalue weighted by Crippen LogP contribution is -2.23. The molecule has 0 unspecified atom stereocenters. The number of rotatable bonds is 5. The van der Waals surface area contributed by atoms with Crippen molar-refractivity contribution in [2.45, 2.75) is 6.54 Å². The van der Waals surface area contributed by atoms with Crippen molar-refractivity contribution < 1.29 is 14.1 Å². The van der Waals surface area contributed by atoms with Crippen LogP contribution in [0, 0.1) is 0 Å². The predicted octanol–water partition coefficient (Wildman–Crippen LogP) is 3.33. The maximum atomic E-state index is 12.1. The molecule has 2 aromatic carbocycles. The molecule has 1 aromatic heterocycles. The van der Waals surface area contributed by atoms with E-state index in [-0.39, 0.29) is 12.5 Å². The molecule has 1 amide bonds. The SMILES string of the molecule is COc1ccc(-c2nc(CNC(=O)c3ccccc3Cl)no2)cc1. The lowest BCUT2D eigenvalue weighted by molar-refractivity contribution is 0.0950. The van der Waals surface area contributed by atoms with Gasteiger partial charge in [-0.3, -0.25) is 4.79 Å². The highest BCUT2D eigenvalue weighted by atomic mass is 35.5. The van der Waals surface area contributed by atoms with Crippen LogP contribution in [0.2, 0.25) is 5.02 Å². The fraction of sp³-hybridized carbons (Fsp3) is 0.118. The van der Waals surface area contributed by atoms with Crippen molar-refractivity contribution in [1.29, 1.82) is 0 Å². The zero-order valence-corrected chi connectivity index (χ0v) is 13.6. The highest BCUT2D eigenvalue weighted by Crippen LogP contribution is 2.20. The van der Waals surface area contributed by atoms with E-state index in [2.05, 4.69) is 15.5 Å². The summed E-state index contributed by atoms with van der Waals surface area (Å²) in [5.41, 5.74) is 1.17. The summed E-state index contributed by atoms with van der Waals surface area (Å²) >= 11 is 5.99. The van der Waals surface area contributed by atoms with Crippen LogP contribution in [0.4, 0.5) is 0 Å². The molecule has 6 nitrogen and oxygen atoms in total. The van der Waals surface area contributed by atoms with Gasteiger partial charge in [0.25, 0.3) is 11.8 Å². The second-order valence-electron chi connectivity index (χ2n) is 4.91. The number of nitrogens with one attached hydrogen (secondary N) is 1. The van der Waals surface area contributed by atoms with E-state index in [9.17, 15) is 4.79 Å². The van der Waals surface area contributed by atoms with Gasteiger partial charge in [-0.2, -0.15) is 4.98 Å². The molecule has 7 heteroatoms. The van der Waals surface area contributed by atoms with Gasteiger partial charge in [-0.1, -0.05) is 28.9 Å². The third-order valence-electron chi connectivity index (χ3n) is 3.33. The normalized spacial score (nSPS) is 10.4. The molecular formula is C17H14ClN3O3. The van der Waals surface area contributed by atoms with Crippen LogP contribution in [-0.2, 0) is 6.54 Å². The molecule has 0 bridgehead atoms. The van der Waals surface area contributed by atoms with E-state index in [1.807, 2.05) is 12.1 Å². The summed E-state index contributed by atoms with van der Waals surface area (Å²) in [6.07, 6.45) is 0. The van der Waals surface area contributed by atoms with Crippen molar-refractivity contribution in [2.75, 3.05) is 7.11 Å². The van der Waals surface area contributed by atoms with Crippen molar-refractivity contribution in [3.8, 4) is 17.2 Å². The van der Waals surface area contributed by atoms with E-state index in [1.165, 1.54) is 0 Å². The van der Waals surface area contributed by atoms with Crippen LogP contribution in [-0.4, -0.2) is 23.2 Å². The topological polar surface area (TPSA) is 77.2 Å². The van der Waals surface area contributed by atoms with E-state index < -0.39 is 0 Å². The monoisotopic (exact) mass is 343 g/mol.